The summed E-state index contributed by atoms with van der Waals surface area (Å²) in [6.07, 6.45) is 5.28. The van der Waals surface area contributed by atoms with Crippen LogP contribution in [0.25, 0.3) is 16.7 Å². The van der Waals surface area contributed by atoms with Crippen LogP contribution < -0.4 is 10.9 Å². The van der Waals surface area contributed by atoms with Gasteiger partial charge < -0.3 is 5.32 Å². The second kappa shape index (κ2) is 10.2. The molecule has 3 aromatic heterocycles. The van der Waals surface area contributed by atoms with Gasteiger partial charge in [-0.2, -0.15) is 0 Å². The van der Waals surface area contributed by atoms with E-state index in [4.69, 9.17) is 0 Å². The van der Waals surface area contributed by atoms with Gasteiger partial charge in [0, 0.05) is 25.5 Å². The van der Waals surface area contributed by atoms with E-state index >= 15 is 0 Å². The lowest BCUT2D eigenvalue weighted by atomic mass is 10.1. The van der Waals surface area contributed by atoms with Crippen molar-refractivity contribution in [3.8, 4) is 0 Å². The van der Waals surface area contributed by atoms with Crippen LogP contribution in [-0.2, 0) is 17.9 Å². The number of rotatable bonds is 9. The van der Waals surface area contributed by atoms with Gasteiger partial charge in [-0.1, -0.05) is 57.2 Å². The van der Waals surface area contributed by atoms with Crippen molar-refractivity contribution in [2.75, 3.05) is 0 Å². The van der Waals surface area contributed by atoms with E-state index in [1.165, 1.54) is 11.8 Å². The molecule has 3 heterocycles. The minimum atomic E-state index is -0.371. The highest BCUT2D eigenvalue weighted by Crippen LogP contribution is 2.29. The van der Waals surface area contributed by atoms with E-state index in [9.17, 15) is 9.59 Å². The van der Waals surface area contributed by atoms with Crippen molar-refractivity contribution in [3.05, 3.63) is 64.7 Å². The highest BCUT2D eigenvalue weighted by atomic mass is 32.2. The third-order valence-corrected chi connectivity index (χ3v) is 6.99. The first kappa shape index (κ1) is 23.0. The third kappa shape index (κ3) is 4.78. The molecule has 9 heteroatoms. The Balaban J connectivity index is 1.70. The first-order chi connectivity index (χ1) is 16.0. The monoisotopic (exact) mass is 464 g/mol. The molecule has 0 radical (unpaired) electrons. The number of aromatic nitrogens is 5. The van der Waals surface area contributed by atoms with Crippen molar-refractivity contribution in [1.29, 1.82) is 0 Å². The van der Waals surface area contributed by atoms with Crippen LogP contribution in [-0.4, -0.2) is 35.3 Å². The topological polar surface area (TPSA) is 94.2 Å². The van der Waals surface area contributed by atoms with Gasteiger partial charge in [0.25, 0.3) is 5.56 Å². The Bertz CT molecular complexity index is 1320. The number of amides is 1. The Morgan fingerprint density at radius 2 is 1.97 bits per heavy atom. The van der Waals surface area contributed by atoms with E-state index in [0.29, 0.717) is 29.4 Å². The van der Waals surface area contributed by atoms with Crippen LogP contribution >= 0.6 is 11.8 Å². The lowest BCUT2D eigenvalue weighted by Crippen LogP contribution is -2.35. The third-order valence-electron chi connectivity index (χ3n) is 5.50. The molecule has 0 fully saturated rings. The second-order valence-electron chi connectivity index (χ2n) is 8.31. The quantitative estimate of drug-likeness (QED) is 0.380. The fraction of sp³-hybridized carbons (Fsp3) is 0.375. The van der Waals surface area contributed by atoms with Gasteiger partial charge >= 0.3 is 0 Å². The maximum atomic E-state index is 13.1. The molecule has 0 bridgehead atoms. The van der Waals surface area contributed by atoms with Gasteiger partial charge in [-0.05, 0) is 36.1 Å². The molecule has 8 nitrogen and oxygen atoms in total. The highest BCUT2D eigenvalue weighted by Gasteiger charge is 2.27. The summed E-state index contributed by atoms with van der Waals surface area (Å²) in [5, 5.41) is 12.6. The molecule has 33 heavy (non-hydrogen) atoms. The van der Waals surface area contributed by atoms with Crippen LogP contribution in [0, 0.1) is 5.92 Å². The molecule has 0 aliphatic carbocycles. The number of carbonyl (C=O) groups is 1. The lowest BCUT2D eigenvalue weighted by molar-refractivity contribution is -0.121. The minimum absolute atomic E-state index is 0.0634. The molecule has 4 aromatic rings. The summed E-state index contributed by atoms with van der Waals surface area (Å²) in [7, 11) is 0. The molecule has 1 amide bonds. The van der Waals surface area contributed by atoms with Crippen LogP contribution in [0.4, 0.5) is 0 Å². The van der Waals surface area contributed by atoms with Crippen LogP contribution in [0.15, 0.2) is 58.7 Å². The SMILES string of the molecule is CCCCn1c(=O)c2ccccc2n2c(SC(C(=O)NCc3cccnc3)C(C)C)nnc12. The Morgan fingerprint density at radius 3 is 2.70 bits per heavy atom. The molecular weight excluding hydrogens is 436 g/mol. The number of benzene rings is 1. The molecule has 0 spiro atoms. The summed E-state index contributed by atoms with van der Waals surface area (Å²) in [5.74, 6) is 0.501. The Labute approximate surface area is 196 Å². The van der Waals surface area contributed by atoms with Crippen molar-refractivity contribution in [1.82, 2.24) is 29.5 Å². The number of nitrogens with zero attached hydrogens (tertiary/aromatic N) is 5. The van der Waals surface area contributed by atoms with Crippen LogP contribution in [0.5, 0.6) is 0 Å². The van der Waals surface area contributed by atoms with Crippen LogP contribution in [0.2, 0.25) is 0 Å². The van der Waals surface area contributed by atoms with Gasteiger partial charge in [0.15, 0.2) is 5.16 Å². The van der Waals surface area contributed by atoms with Crippen molar-refractivity contribution in [2.24, 2.45) is 5.92 Å². The number of fused-ring (bicyclic) bond motifs is 3. The first-order valence-electron chi connectivity index (χ1n) is 11.2. The van der Waals surface area contributed by atoms with E-state index in [1.807, 2.05) is 54.6 Å². The highest BCUT2D eigenvalue weighted by molar-refractivity contribution is 8.00. The maximum absolute atomic E-state index is 13.1. The molecule has 4 rings (SSSR count). The smallest absolute Gasteiger partial charge is 0.262 e. The number of para-hydroxylation sites is 1. The maximum Gasteiger partial charge on any atom is 0.262 e. The normalized spacial score (nSPS) is 12.5. The van der Waals surface area contributed by atoms with E-state index < -0.39 is 0 Å². The molecule has 0 aliphatic heterocycles. The number of nitrogens with one attached hydrogen (secondary N) is 1. The zero-order valence-electron chi connectivity index (χ0n) is 19.1. The van der Waals surface area contributed by atoms with Crippen molar-refractivity contribution in [3.63, 3.8) is 0 Å². The Kier molecular flexibility index (Phi) is 7.08. The minimum Gasteiger partial charge on any atom is -0.351 e. The molecule has 1 N–H and O–H groups in total. The van der Waals surface area contributed by atoms with Gasteiger partial charge in [0.1, 0.15) is 0 Å². The van der Waals surface area contributed by atoms with Crippen molar-refractivity contribution >= 4 is 34.3 Å². The molecule has 0 saturated carbocycles. The number of thioether (sulfide) groups is 1. The summed E-state index contributed by atoms with van der Waals surface area (Å²) in [4.78, 5) is 30.3. The largest absolute Gasteiger partial charge is 0.351 e. The second-order valence-corrected chi connectivity index (χ2v) is 9.42. The standard InChI is InChI=1S/C24H28N6O2S/c1-4-5-13-29-22(32)18-10-6-7-11-19(18)30-23(29)27-28-24(30)33-20(16(2)3)21(31)26-15-17-9-8-12-25-14-17/h6-12,14,16,20H,4-5,13,15H2,1-3H3,(H,26,31). The van der Waals surface area contributed by atoms with Crippen molar-refractivity contribution < 1.29 is 4.79 Å². The van der Waals surface area contributed by atoms with E-state index in [1.54, 1.807) is 17.0 Å². The number of hydrogen-bond donors (Lipinski definition) is 1. The number of carbonyl (C=O) groups excluding carboxylic acids is 1. The summed E-state index contributed by atoms with van der Waals surface area (Å²) in [6, 6.07) is 11.3. The zero-order chi connectivity index (χ0) is 23.4. The number of aryl methyl sites for hydroxylation is 1. The zero-order valence-corrected chi connectivity index (χ0v) is 19.9. The van der Waals surface area contributed by atoms with Crippen LogP contribution in [0.3, 0.4) is 0 Å². The van der Waals surface area contributed by atoms with E-state index in [0.717, 1.165) is 23.9 Å². The predicted octanol–water partition coefficient (Wildman–Crippen LogP) is 3.67. The molecular formula is C24H28N6O2S. The van der Waals surface area contributed by atoms with Gasteiger partial charge in [-0.25, -0.2) is 0 Å². The fourth-order valence-corrected chi connectivity index (χ4v) is 4.79. The number of pyridine rings is 1. The summed E-state index contributed by atoms with van der Waals surface area (Å²) in [5.41, 5.74) is 1.62. The average Bonchev–Trinajstić information content (AvgIpc) is 3.25. The first-order valence-corrected chi connectivity index (χ1v) is 12.1. The average molecular weight is 465 g/mol. The fourth-order valence-electron chi connectivity index (χ4n) is 3.73. The summed E-state index contributed by atoms with van der Waals surface area (Å²) in [6.45, 7) is 7.10. The van der Waals surface area contributed by atoms with E-state index in [2.05, 4.69) is 27.4 Å². The van der Waals surface area contributed by atoms with Gasteiger partial charge in [-0.15, -0.1) is 10.2 Å². The van der Waals surface area contributed by atoms with E-state index in [-0.39, 0.29) is 22.6 Å². The Morgan fingerprint density at radius 1 is 1.15 bits per heavy atom. The number of hydrogen-bond acceptors (Lipinski definition) is 6. The predicted molar refractivity (Wildman–Crippen MR) is 130 cm³/mol. The number of unbranched alkanes of at least 4 members (excludes halogenated alkanes) is 1. The lowest BCUT2D eigenvalue weighted by Gasteiger charge is -2.19. The molecule has 1 unspecified atom stereocenters. The van der Waals surface area contributed by atoms with Gasteiger partial charge in [-0.3, -0.25) is 23.5 Å². The molecule has 1 aromatic carbocycles. The molecule has 0 saturated heterocycles. The Hall–Kier alpha value is -3.20. The van der Waals surface area contributed by atoms with Gasteiger partial charge in [0.05, 0.1) is 16.2 Å². The van der Waals surface area contributed by atoms with Crippen LogP contribution in [0.1, 0.15) is 39.2 Å². The molecule has 1 atom stereocenters. The van der Waals surface area contributed by atoms with Gasteiger partial charge in [0.2, 0.25) is 11.7 Å². The molecule has 0 aliphatic rings. The van der Waals surface area contributed by atoms with Crippen molar-refractivity contribution in [2.45, 2.75) is 57.1 Å². The summed E-state index contributed by atoms with van der Waals surface area (Å²) < 4.78 is 3.59. The summed E-state index contributed by atoms with van der Waals surface area (Å²) >= 11 is 1.38. The molecule has 172 valence electrons.